The summed E-state index contributed by atoms with van der Waals surface area (Å²) < 4.78 is 7.81. The Bertz CT molecular complexity index is 618. The van der Waals surface area contributed by atoms with E-state index in [1.165, 1.54) is 0 Å². The molecule has 1 aromatic heterocycles. The van der Waals surface area contributed by atoms with E-state index in [1.54, 1.807) is 0 Å². The second-order valence-corrected chi connectivity index (χ2v) is 6.30. The first-order valence-electron chi connectivity index (χ1n) is 6.96. The van der Waals surface area contributed by atoms with Gasteiger partial charge in [0.25, 0.3) is 0 Å². The summed E-state index contributed by atoms with van der Waals surface area (Å²) in [4.78, 5) is 4.74. The second-order valence-electron chi connectivity index (χ2n) is 5.52. The van der Waals surface area contributed by atoms with E-state index in [0.717, 1.165) is 54.4 Å². The molecule has 1 aromatic carbocycles. The number of halogens is 2. The van der Waals surface area contributed by atoms with Gasteiger partial charge in [-0.1, -0.05) is 17.7 Å². The highest BCUT2D eigenvalue weighted by atomic mass is 35.5. The van der Waals surface area contributed by atoms with Crippen molar-refractivity contribution < 1.29 is 4.74 Å². The molecule has 0 aliphatic carbocycles. The molecular formula is C15H18Cl2N2O. The lowest BCUT2D eigenvalue weighted by molar-refractivity contribution is 0.0301. The molecule has 3 nitrogen and oxygen atoms in total. The molecule has 0 spiro atoms. The Morgan fingerprint density at radius 1 is 1.35 bits per heavy atom. The van der Waals surface area contributed by atoms with Crippen molar-refractivity contribution in [2.24, 2.45) is 0 Å². The standard InChI is InChI=1S/C15H18Cl2N2O/c1-15(6-9-20-10-7-15)19-13(5-8-16)18-12-4-2-3-11(17)14(12)19/h2-4H,5-10H2,1H3. The summed E-state index contributed by atoms with van der Waals surface area (Å²) in [7, 11) is 0. The van der Waals surface area contributed by atoms with Crippen molar-refractivity contribution >= 4 is 34.2 Å². The monoisotopic (exact) mass is 312 g/mol. The fourth-order valence-electron chi connectivity index (χ4n) is 3.00. The Kier molecular flexibility index (Phi) is 3.93. The number of ether oxygens (including phenoxy) is 1. The lowest BCUT2D eigenvalue weighted by Gasteiger charge is -2.37. The number of aryl methyl sites for hydroxylation is 1. The average molecular weight is 313 g/mol. The van der Waals surface area contributed by atoms with Gasteiger partial charge in [0.2, 0.25) is 0 Å². The van der Waals surface area contributed by atoms with Crippen LogP contribution >= 0.6 is 23.2 Å². The Morgan fingerprint density at radius 2 is 2.10 bits per heavy atom. The molecular weight excluding hydrogens is 295 g/mol. The highest BCUT2D eigenvalue weighted by Gasteiger charge is 2.33. The molecule has 5 heteroatoms. The van der Waals surface area contributed by atoms with Gasteiger partial charge in [0.1, 0.15) is 5.82 Å². The summed E-state index contributed by atoms with van der Waals surface area (Å²) >= 11 is 12.4. The van der Waals surface area contributed by atoms with Gasteiger partial charge in [-0.25, -0.2) is 4.98 Å². The van der Waals surface area contributed by atoms with Crippen molar-refractivity contribution in [1.82, 2.24) is 9.55 Å². The maximum atomic E-state index is 6.43. The molecule has 0 N–H and O–H groups in total. The van der Waals surface area contributed by atoms with Crippen LogP contribution in [0.25, 0.3) is 11.0 Å². The zero-order valence-electron chi connectivity index (χ0n) is 11.5. The minimum absolute atomic E-state index is 0.000610. The van der Waals surface area contributed by atoms with Crippen LogP contribution in [0.5, 0.6) is 0 Å². The van der Waals surface area contributed by atoms with Crippen LogP contribution in [0.3, 0.4) is 0 Å². The van der Waals surface area contributed by atoms with Gasteiger partial charge in [-0.3, -0.25) is 0 Å². The fraction of sp³-hybridized carbons (Fsp3) is 0.533. The zero-order valence-corrected chi connectivity index (χ0v) is 13.0. The van der Waals surface area contributed by atoms with Gasteiger partial charge in [0.05, 0.1) is 16.1 Å². The van der Waals surface area contributed by atoms with E-state index < -0.39 is 0 Å². The Balaban J connectivity index is 2.22. The largest absolute Gasteiger partial charge is 0.381 e. The third-order valence-corrected chi connectivity index (χ3v) is 4.62. The number of para-hydroxylation sites is 1. The molecule has 1 aliphatic rings. The summed E-state index contributed by atoms with van der Waals surface area (Å²) in [6.07, 6.45) is 2.70. The molecule has 0 amide bonds. The van der Waals surface area contributed by atoms with Gasteiger partial charge >= 0.3 is 0 Å². The van der Waals surface area contributed by atoms with Crippen LogP contribution in [0.15, 0.2) is 18.2 Å². The highest BCUT2D eigenvalue weighted by molar-refractivity contribution is 6.35. The van der Waals surface area contributed by atoms with Crippen LogP contribution < -0.4 is 0 Å². The molecule has 20 heavy (non-hydrogen) atoms. The van der Waals surface area contributed by atoms with Crippen LogP contribution in [-0.2, 0) is 16.7 Å². The number of rotatable bonds is 3. The molecule has 3 rings (SSSR count). The normalized spacial score (nSPS) is 18.6. The van der Waals surface area contributed by atoms with Crippen LogP contribution in [0.1, 0.15) is 25.6 Å². The summed E-state index contributed by atoms with van der Waals surface area (Å²) in [6, 6.07) is 5.88. The van der Waals surface area contributed by atoms with E-state index in [2.05, 4.69) is 11.5 Å². The van der Waals surface area contributed by atoms with Crippen molar-refractivity contribution in [3.05, 3.63) is 29.0 Å². The number of nitrogens with zero attached hydrogens (tertiary/aromatic N) is 2. The van der Waals surface area contributed by atoms with Crippen molar-refractivity contribution in [2.75, 3.05) is 19.1 Å². The molecule has 1 fully saturated rings. The number of alkyl halides is 1. The minimum Gasteiger partial charge on any atom is -0.381 e. The predicted octanol–water partition coefficient (Wildman–Crippen LogP) is 4.00. The molecule has 0 unspecified atom stereocenters. The van der Waals surface area contributed by atoms with Crippen molar-refractivity contribution in [3.63, 3.8) is 0 Å². The second kappa shape index (κ2) is 5.55. The maximum Gasteiger partial charge on any atom is 0.111 e. The Labute approximate surface area is 128 Å². The van der Waals surface area contributed by atoms with Crippen molar-refractivity contribution in [3.8, 4) is 0 Å². The van der Waals surface area contributed by atoms with Gasteiger partial charge in [-0.05, 0) is 31.9 Å². The third kappa shape index (κ3) is 2.32. The fourth-order valence-corrected chi connectivity index (χ4v) is 3.43. The quantitative estimate of drug-likeness (QED) is 0.801. The lowest BCUT2D eigenvalue weighted by atomic mass is 9.91. The van der Waals surface area contributed by atoms with Crippen LogP contribution in [0.2, 0.25) is 5.02 Å². The highest BCUT2D eigenvalue weighted by Crippen LogP contribution is 2.36. The maximum absolute atomic E-state index is 6.43. The zero-order chi connectivity index (χ0) is 14.2. The van der Waals surface area contributed by atoms with Gasteiger partial charge in [0, 0.05) is 31.1 Å². The van der Waals surface area contributed by atoms with Crippen LogP contribution in [-0.4, -0.2) is 28.6 Å². The molecule has 1 aliphatic heterocycles. The van der Waals surface area contributed by atoms with Gasteiger partial charge in [-0.2, -0.15) is 0 Å². The van der Waals surface area contributed by atoms with Gasteiger partial charge in [-0.15, -0.1) is 11.6 Å². The summed E-state index contributed by atoms with van der Waals surface area (Å²) in [5, 5.41) is 0.753. The number of hydrogen-bond acceptors (Lipinski definition) is 2. The number of benzene rings is 1. The van der Waals surface area contributed by atoms with Crippen molar-refractivity contribution in [2.45, 2.75) is 31.7 Å². The van der Waals surface area contributed by atoms with Crippen LogP contribution in [0.4, 0.5) is 0 Å². The predicted molar refractivity (Wildman–Crippen MR) is 82.9 cm³/mol. The van der Waals surface area contributed by atoms with Gasteiger partial charge < -0.3 is 9.30 Å². The summed E-state index contributed by atoms with van der Waals surface area (Å²) in [5.74, 6) is 1.58. The molecule has 0 atom stereocenters. The van der Waals surface area contributed by atoms with E-state index in [4.69, 9.17) is 32.9 Å². The van der Waals surface area contributed by atoms with E-state index in [0.29, 0.717) is 5.88 Å². The van der Waals surface area contributed by atoms with E-state index in [9.17, 15) is 0 Å². The lowest BCUT2D eigenvalue weighted by Crippen LogP contribution is -2.37. The van der Waals surface area contributed by atoms with E-state index in [-0.39, 0.29) is 5.54 Å². The molecule has 1 saturated heterocycles. The first-order valence-corrected chi connectivity index (χ1v) is 7.87. The summed E-state index contributed by atoms with van der Waals surface area (Å²) in [5.41, 5.74) is 1.98. The molecule has 2 heterocycles. The molecule has 2 aromatic rings. The van der Waals surface area contributed by atoms with Gasteiger partial charge in [0.15, 0.2) is 0 Å². The smallest absolute Gasteiger partial charge is 0.111 e. The SMILES string of the molecule is CC1(n2c(CCCl)nc3cccc(Cl)c32)CCOCC1. The molecule has 0 saturated carbocycles. The topological polar surface area (TPSA) is 27.1 Å². The van der Waals surface area contributed by atoms with Crippen molar-refractivity contribution in [1.29, 1.82) is 0 Å². The van der Waals surface area contributed by atoms with E-state index >= 15 is 0 Å². The molecule has 108 valence electrons. The number of aromatic nitrogens is 2. The number of imidazole rings is 1. The minimum atomic E-state index is -0.000610. The van der Waals surface area contributed by atoms with Crippen LogP contribution in [0, 0.1) is 0 Å². The Morgan fingerprint density at radius 3 is 2.80 bits per heavy atom. The Hall–Kier alpha value is -0.770. The molecule has 0 radical (unpaired) electrons. The summed E-state index contributed by atoms with van der Waals surface area (Å²) in [6.45, 7) is 3.82. The first-order chi connectivity index (χ1) is 9.65. The third-order valence-electron chi connectivity index (χ3n) is 4.12. The number of hydrogen-bond donors (Lipinski definition) is 0. The first kappa shape index (κ1) is 14.2. The van der Waals surface area contributed by atoms with E-state index in [1.807, 2.05) is 18.2 Å². The molecule has 0 bridgehead atoms. The number of fused-ring (bicyclic) bond motifs is 1. The average Bonchev–Trinajstić information content (AvgIpc) is 2.80.